The SMILES string of the molecule is Cc1nc(COc2ccc(F)cc2)sc1C(=O)Nc1ccc(-n2cnnn2)cc1. The molecule has 4 rings (SSSR count). The normalized spacial score (nSPS) is 10.7. The van der Waals surface area contributed by atoms with E-state index in [1.54, 1.807) is 43.3 Å². The lowest BCUT2D eigenvalue weighted by Gasteiger charge is -2.05. The number of aromatic nitrogens is 5. The van der Waals surface area contributed by atoms with Gasteiger partial charge in [-0.05, 0) is 65.9 Å². The molecule has 10 heteroatoms. The summed E-state index contributed by atoms with van der Waals surface area (Å²) in [6.07, 6.45) is 1.49. The second-order valence-corrected chi connectivity index (χ2v) is 7.10. The van der Waals surface area contributed by atoms with Gasteiger partial charge in [-0.15, -0.1) is 16.4 Å². The number of benzene rings is 2. The minimum absolute atomic E-state index is 0.199. The van der Waals surface area contributed by atoms with Crippen LogP contribution in [0.3, 0.4) is 0 Å². The molecule has 0 radical (unpaired) electrons. The van der Waals surface area contributed by atoms with Crippen LogP contribution in [0.4, 0.5) is 10.1 Å². The summed E-state index contributed by atoms with van der Waals surface area (Å²) in [5.41, 5.74) is 2.04. The van der Waals surface area contributed by atoms with Gasteiger partial charge in [0.2, 0.25) is 0 Å². The van der Waals surface area contributed by atoms with Gasteiger partial charge in [0.25, 0.3) is 5.91 Å². The molecule has 0 aliphatic carbocycles. The van der Waals surface area contributed by atoms with Crippen molar-refractivity contribution in [3.63, 3.8) is 0 Å². The number of ether oxygens (including phenoxy) is 1. The number of aryl methyl sites for hydroxylation is 1. The fourth-order valence-electron chi connectivity index (χ4n) is 2.57. The predicted molar refractivity (Wildman–Crippen MR) is 105 cm³/mol. The van der Waals surface area contributed by atoms with Crippen LogP contribution in [0.5, 0.6) is 5.75 Å². The van der Waals surface area contributed by atoms with E-state index in [0.29, 0.717) is 27.0 Å². The smallest absolute Gasteiger partial charge is 0.267 e. The third kappa shape index (κ3) is 4.43. The number of thiazole rings is 1. The molecular formula is C19H15FN6O2S. The van der Waals surface area contributed by atoms with Gasteiger partial charge in [-0.1, -0.05) is 0 Å². The average molecular weight is 410 g/mol. The van der Waals surface area contributed by atoms with Crippen molar-refractivity contribution >= 4 is 22.9 Å². The zero-order valence-electron chi connectivity index (χ0n) is 15.2. The van der Waals surface area contributed by atoms with Gasteiger partial charge in [-0.3, -0.25) is 4.79 Å². The van der Waals surface area contributed by atoms with Crippen LogP contribution in [0.25, 0.3) is 5.69 Å². The molecule has 2 heterocycles. The number of hydrogen-bond acceptors (Lipinski definition) is 7. The highest BCUT2D eigenvalue weighted by Crippen LogP contribution is 2.22. The summed E-state index contributed by atoms with van der Waals surface area (Å²) in [5.74, 6) is -0.0384. The fraction of sp³-hybridized carbons (Fsp3) is 0.105. The van der Waals surface area contributed by atoms with Gasteiger partial charge in [0.1, 0.15) is 34.4 Å². The summed E-state index contributed by atoms with van der Waals surface area (Å²) in [7, 11) is 0. The lowest BCUT2D eigenvalue weighted by Crippen LogP contribution is -2.11. The molecule has 29 heavy (non-hydrogen) atoms. The first-order valence-corrected chi connectivity index (χ1v) is 9.39. The van der Waals surface area contributed by atoms with Crippen molar-refractivity contribution in [2.75, 3.05) is 5.32 Å². The van der Waals surface area contributed by atoms with E-state index in [1.807, 2.05) is 0 Å². The molecule has 0 atom stereocenters. The Bertz CT molecular complexity index is 1110. The molecule has 0 saturated heterocycles. The summed E-state index contributed by atoms with van der Waals surface area (Å²) < 4.78 is 20.1. The molecule has 1 amide bonds. The Morgan fingerprint density at radius 1 is 1.17 bits per heavy atom. The second-order valence-electron chi connectivity index (χ2n) is 6.02. The minimum atomic E-state index is -0.326. The maximum atomic E-state index is 12.9. The number of carbonyl (C=O) groups is 1. The third-order valence-corrected chi connectivity index (χ3v) is 5.09. The van der Waals surface area contributed by atoms with Crippen LogP contribution in [-0.4, -0.2) is 31.1 Å². The first kappa shape index (κ1) is 18.7. The van der Waals surface area contributed by atoms with Crippen molar-refractivity contribution in [2.24, 2.45) is 0 Å². The topological polar surface area (TPSA) is 94.8 Å². The maximum Gasteiger partial charge on any atom is 0.267 e. The minimum Gasteiger partial charge on any atom is -0.486 e. The number of anilines is 1. The maximum absolute atomic E-state index is 12.9. The van der Waals surface area contributed by atoms with Crippen molar-refractivity contribution in [1.82, 2.24) is 25.2 Å². The number of carbonyl (C=O) groups excluding carboxylic acids is 1. The van der Waals surface area contributed by atoms with Crippen molar-refractivity contribution in [1.29, 1.82) is 0 Å². The third-order valence-electron chi connectivity index (χ3n) is 3.96. The molecule has 8 nitrogen and oxygen atoms in total. The van der Waals surface area contributed by atoms with Crippen LogP contribution in [0.15, 0.2) is 54.9 Å². The van der Waals surface area contributed by atoms with E-state index in [4.69, 9.17) is 4.74 Å². The first-order valence-electron chi connectivity index (χ1n) is 8.58. The number of nitrogens with zero attached hydrogens (tertiary/aromatic N) is 5. The molecule has 0 aliphatic rings. The van der Waals surface area contributed by atoms with Crippen LogP contribution in [-0.2, 0) is 6.61 Å². The number of amides is 1. The monoisotopic (exact) mass is 410 g/mol. The largest absolute Gasteiger partial charge is 0.486 e. The molecule has 0 saturated carbocycles. The molecule has 4 aromatic rings. The molecule has 0 fully saturated rings. The Morgan fingerprint density at radius 3 is 2.62 bits per heavy atom. The van der Waals surface area contributed by atoms with Crippen LogP contribution in [0.2, 0.25) is 0 Å². The van der Waals surface area contributed by atoms with Gasteiger partial charge < -0.3 is 10.1 Å². The van der Waals surface area contributed by atoms with Crippen LogP contribution >= 0.6 is 11.3 Å². The molecule has 1 N–H and O–H groups in total. The Hall–Kier alpha value is -3.66. The van der Waals surface area contributed by atoms with E-state index in [0.717, 1.165) is 5.69 Å². The van der Waals surface area contributed by atoms with Gasteiger partial charge in [-0.2, -0.15) is 0 Å². The summed E-state index contributed by atoms with van der Waals surface area (Å²) in [6, 6.07) is 12.9. The molecule has 0 unspecified atom stereocenters. The van der Waals surface area contributed by atoms with Gasteiger partial charge in [0, 0.05) is 5.69 Å². The second kappa shape index (κ2) is 8.15. The number of halogens is 1. The molecule has 0 spiro atoms. The zero-order chi connectivity index (χ0) is 20.2. The van der Waals surface area contributed by atoms with Gasteiger partial charge in [0.15, 0.2) is 0 Å². The van der Waals surface area contributed by atoms with Crippen LogP contribution in [0.1, 0.15) is 20.4 Å². The summed E-state index contributed by atoms with van der Waals surface area (Å²) in [5, 5.41) is 14.5. The van der Waals surface area contributed by atoms with E-state index < -0.39 is 0 Å². The van der Waals surface area contributed by atoms with Gasteiger partial charge in [-0.25, -0.2) is 14.1 Å². The van der Waals surface area contributed by atoms with Crippen LogP contribution in [0, 0.1) is 12.7 Å². The number of hydrogen-bond donors (Lipinski definition) is 1. The van der Waals surface area contributed by atoms with Gasteiger partial charge in [0.05, 0.1) is 11.4 Å². The number of rotatable bonds is 6. The van der Waals surface area contributed by atoms with Crippen molar-refractivity contribution in [3.8, 4) is 11.4 Å². The van der Waals surface area contributed by atoms with E-state index in [-0.39, 0.29) is 18.3 Å². The number of tetrazole rings is 1. The van der Waals surface area contributed by atoms with E-state index in [1.165, 1.54) is 34.5 Å². The quantitative estimate of drug-likeness (QED) is 0.524. The predicted octanol–water partition coefficient (Wildman–Crippen LogP) is 3.40. The summed E-state index contributed by atoms with van der Waals surface area (Å²) in [4.78, 5) is 17.5. The van der Waals surface area contributed by atoms with Gasteiger partial charge >= 0.3 is 0 Å². The Kier molecular flexibility index (Phi) is 5.25. The van der Waals surface area contributed by atoms with E-state index in [2.05, 4.69) is 25.8 Å². The molecular weight excluding hydrogens is 395 g/mol. The summed E-state index contributed by atoms with van der Waals surface area (Å²) >= 11 is 1.26. The van der Waals surface area contributed by atoms with Crippen molar-refractivity contribution in [2.45, 2.75) is 13.5 Å². The Balaban J connectivity index is 1.40. The molecule has 0 aliphatic heterocycles. The Labute approximate surface area is 169 Å². The standard InChI is InChI=1S/C19H15FN6O2S/c1-12-18(29-17(22-12)10-28-16-8-2-13(20)3-9-16)19(27)23-14-4-6-15(7-5-14)26-11-21-24-25-26/h2-9,11H,10H2,1H3,(H,23,27). The molecule has 2 aromatic carbocycles. The molecule has 146 valence electrons. The number of nitrogens with one attached hydrogen (secondary N) is 1. The lowest BCUT2D eigenvalue weighted by atomic mass is 10.2. The van der Waals surface area contributed by atoms with Crippen molar-refractivity contribution in [3.05, 3.63) is 76.3 Å². The highest BCUT2D eigenvalue weighted by atomic mass is 32.1. The van der Waals surface area contributed by atoms with E-state index in [9.17, 15) is 9.18 Å². The lowest BCUT2D eigenvalue weighted by molar-refractivity contribution is 0.103. The van der Waals surface area contributed by atoms with E-state index >= 15 is 0 Å². The first-order chi connectivity index (χ1) is 14.1. The Morgan fingerprint density at radius 2 is 1.93 bits per heavy atom. The highest BCUT2D eigenvalue weighted by molar-refractivity contribution is 7.13. The molecule has 0 bridgehead atoms. The highest BCUT2D eigenvalue weighted by Gasteiger charge is 2.16. The fourth-order valence-corrected chi connectivity index (χ4v) is 3.44. The molecule has 2 aromatic heterocycles. The average Bonchev–Trinajstić information content (AvgIpc) is 3.38. The summed E-state index contributed by atoms with van der Waals surface area (Å²) in [6.45, 7) is 1.97. The zero-order valence-corrected chi connectivity index (χ0v) is 16.1. The van der Waals surface area contributed by atoms with Crippen molar-refractivity contribution < 1.29 is 13.9 Å². The van der Waals surface area contributed by atoms with Crippen LogP contribution < -0.4 is 10.1 Å².